The monoisotopic (exact) mass is 263 g/mol. The largest absolute Gasteiger partial charge is 0.477 e. The van der Waals surface area contributed by atoms with Crippen LogP contribution in [0.2, 0.25) is 0 Å². The van der Waals surface area contributed by atoms with Gasteiger partial charge in [-0.25, -0.2) is 14.8 Å². The second-order valence-corrected chi connectivity index (χ2v) is 4.79. The van der Waals surface area contributed by atoms with E-state index in [2.05, 4.69) is 22.2 Å². The number of aromatic carboxylic acids is 1. The topological polar surface area (TPSA) is 75.1 Å². The average molecular weight is 263 g/mol. The molecule has 0 bridgehead atoms. The highest BCUT2D eigenvalue weighted by molar-refractivity contribution is 7.09. The molecule has 1 atom stereocenters. The van der Waals surface area contributed by atoms with Crippen LogP contribution in [0.15, 0.2) is 29.8 Å². The predicted octanol–water partition coefficient (Wildman–Crippen LogP) is 2.45. The lowest BCUT2D eigenvalue weighted by Crippen LogP contribution is -2.11. The molecule has 0 amide bonds. The number of pyridine rings is 1. The van der Waals surface area contributed by atoms with E-state index in [-0.39, 0.29) is 11.6 Å². The second kappa shape index (κ2) is 5.59. The molecular formula is C12H13N3O2S. The molecule has 2 rings (SSSR count). The third-order valence-corrected chi connectivity index (χ3v) is 3.44. The van der Waals surface area contributed by atoms with Crippen LogP contribution in [0.25, 0.3) is 0 Å². The van der Waals surface area contributed by atoms with E-state index >= 15 is 0 Å². The fourth-order valence-electron chi connectivity index (χ4n) is 1.48. The third kappa shape index (κ3) is 3.04. The average Bonchev–Trinajstić information content (AvgIpc) is 2.90. The molecule has 2 aromatic rings. The van der Waals surface area contributed by atoms with Crippen LogP contribution in [0.1, 0.15) is 28.3 Å². The lowest BCUT2D eigenvalue weighted by molar-refractivity contribution is 0.0690. The Hall–Kier alpha value is -1.95. The Morgan fingerprint density at radius 3 is 3.06 bits per heavy atom. The zero-order valence-corrected chi connectivity index (χ0v) is 10.6. The number of carbonyl (C=O) groups is 1. The summed E-state index contributed by atoms with van der Waals surface area (Å²) in [5.74, 6) is -0.190. The maximum atomic E-state index is 10.8. The Balaban J connectivity index is 1.98. The molecule has 2 heterocycles. The standard InChI is InChI=1S/C12H13N3O2S/c1-8(11-13-5-6-18-11)7-14-10-4-2-3-9(15-10)12(16)17/h2-6,8H,7H2,1H3,(H,14,15)(H,16,17). The molecule has 94 valence electrons. The van der Waals surface area contributed by atoms with Crippen molar-refractivity contribution in [1.29, 1.82) is 0 Å². The normalized spacial score (nSPS) is 12.1. The van der Waals surface area contributed by atoms with Gasteiger partial charge in [-0.2, -0.15) is 0 Å². The molecule has 0 aliphatic carbocycles. The van der Waals surface area contributed by atoms with Gasteiger partial charge in [0, 0.05) is 24.0 Å². The lowest BCUT2D eigenvalue weighted by Gasteiger charge is -2.10. The van der Waals surface area contributed by atoms with E-state index in [1.54, 1.807) is 29.7 Å². The van der Waals surface area contributed by atoms with E-state index in [1.165, 1.54) is 6.07 Å². The first-order valence-corrected chi connectivity index (χ1v) is 6.38. The maximum absolute atomic E-state index is 10.8. The maximum Gasteiger partial charge on any atom is 0.354 e. The van der Waals surface area contributed by atoms with Crippen LogP contribution in [-0.2, 0) is 0 Å². The molecule has 0 spiro atoms. The molecule has 0 saturated carbocycles. The summed E-state index contributed by atoms with van der Waals surface area (Å²) < 4.78 is 0. The number of rotatable bonds is 5. The zero-order chi connectivity index (χ0) is 13.0. The summed E-state index contributed by atoms with van der Waals surface area (Å²) in [6, 6.07) is 4.89. The van der Waals surface area contributed by atoms with Gasteiger partial charge in [0.15, 0.2) is 5.69 Å². The highest BCUT2D eigenvalue weighted by Crippen LogP contribution is 2.18. The number of hydrogen-bond donors (Lipinski definition) is 2. The van der Waals surface area contributed by atoms with Crippen molar-refractivity contribution in [1.82, 2.24) is 9.97 Å². The summed E-state index contributed by atoms with van der Waals surface area (Å²) in [5.41, 5.74) is 0.0434. The molecule has 0 fully saturated rings. The van der Waals surface area contributed by atoms with Crippen molar-refractivity contribution in [2.45, 2.75) is 12.8 Å². The molecule has 6 heteroatoms. The lowest BCUT2D eigenvalue weighted by atomic mass is 10.2. The van der Waals surface area contributed by atoms with Crippen LogP contribution >= 0.6 is 11.3 Å². The fraction of sp³-hybridized carbons (Fsp3) is 0.250. The van der Waals surface area contributed by atoms with Crippen molar-refractivity contribution in [3.05, 3.63) is 40.5 Å². The summed E-state index contributed by atoms with van der Waals surface area (Å²) in [4.78, 5) is 19.0. The summed E-state index contributed by atoms with van der Waals surface area (Å²) in [5, 5.41) is 15.0. The predicted molar refractivity (Wildman–Crippen MR) is 70.2 cm³/mol. The molecule has 18 heavy (non-hydrogen) atoms. The first-order valence-electron chi connectivity index (χ1n) is 5.50. The Labute approximate surface area is 109 Å². The van der Waals surface area contributed by atoms with Crippen molar-refractivity contribution < 1.29 is 9.90 Å². The number of nitrogens with one attached hydrogen (secondary N) is 1. The smallest absolute Gasteiger partial charge is 0.354 e. The molecule has 2 N–H and O–H groups in total. The quantitative estimate of drug-likeness (QED) is 0.866. The molecule has 0 radical (unpaired) electrons. The number of nitrogens with zero attached hydrogens (tertiary/aromatic N) is 2. The Morgan fingerprint density at radius 2 is 2.39 bits per heavy atom. The highest BCUT2D eigenvalue weighted by Gasteiger charge is 2.09. The number of aromatic nitrogens is 2. The van der Waals surface area contributed by atoms with Gasteiger partial charge in [-0.1, -0.05) is 13.0 Å². The second-order valence-electron chi connectivity index (χ2n) is 3.87. The molecule has 0 aliphatic rings. The van der Waals surface area contributed by atoms with Crippen molar-refractivity contribution in [2.75, 3.05) is 11.9 Å². The molecule has 1 unspecified atom stereocenters. The van der Waals surface area contributed by atoms with Crippen molar-refractivity contribution >= 4 is 23.1 Å². The van der Waals surface area contributed by atoms with Crippen LogP contribution in [-0.4, -0.2) is 27.6 Å². The minimum absolute atomic E-state index is 0.0434. The van der Waals surface area contributed by atoms with Gasteiger partial charge in [0.25, 0.3) is 0 Å². The van der Waals surface area contributed by atoms with Crippen LogP contribution in [0, 0.1) is 0 Å². The van der Waals surface area contributed by atoms with Gasteiger partial charge in [-0.15, -0.1) is 11.3 Å². The molecular weight excluding hydrogens is 250 g/mol. The van der Waals surface area contributed by atoms with Crippen LogP contribution < -0.4 is 5.32 Å². The van der Waals surface area contributed by atoms with Gasteiger partial charge < -0.3 is 10.4 Å². The van der Waals surface area contributed by atoms with Gasteiger partial charge in [0.05, 0.1) is 5.01 Å². The molecule has 5 nitrogen and oxygen atoms in total. The molecule has 0 aliphatic heterocycles. The summed E-state index contributed by atoms with van der Waals surface area (Å²) in [6.45, 7) is 2.73. The minimum Gasteiger partial charge on any atom is -0.477 e. The SMILES string of the molecule is CC(CNc1cccc(C(=O)O)n1)c1nccs1. The first-order chi connectivity index (χ1) is 8.66. The van der Waals surface area contributed by atoms with Crippen molar-refractivity contribution in [2.24, 2.45) is 0 Å². The van der Waals surface area contributed by atoms with E-state index in [0.29, 0.717) is 12.4 Å². The highest BCUT2D eigenvalue weighted by atomic mass is 32.1. The van der Waals surface area contributed by atoms with Crippen molar-refractivity contribution in [3.8, 4) is 0 Å². The van der Waals surface area contributed by atoms with Crippen LogP contribution in [0.5, 0.6) is 0 Å². The fourth-order valence-corrected chi connectivity index (χ4v) is 2.17. The molecule has 0 aromatic carbocycles. The van der Waals surface area contributed by atoms with Gasteiger partial charge >= 0.3 is 5.97 Å². The first kappa shape index (κ1) is 12.5. The molecule has 2 aromatic heterocycles. The van der Waals surface area contributed by atoms with E-state index in [9.17, 15) is 4.79 Å². The number of carboxylic acids is 1. The third-order valence-electron chi connectivity index (χ3n) is 2.43. The van der Waals surface area contributed by atoms with E-state index in [1.807, 2.05) is 5.38 Å². The van der Waals surface area contributed by atoms with Gasteiger partial charge in [-0.05, 0) is 12.1 Å². The van der Waals surface area contributed by atoms with Gasteiger partial charge in [0.1, 0.15) is 5.82 Å². The Morgan fingerprint density at radius 1 is 1.56 bits per heavy atom. The summed E-state index contributed by atoms with van der Waals surface area (Å²) in [6.07, 6.45) is 1.78. The number of carboxylic acid groups (broad SMARTS) is 1. The molecule has 0 saturated heterocycles. The number of anilines is 1. The Bertz CT molecular complexity index is 528. The summed E-state index contributed by atoms with van der Waals surface area (Å²) in [7, 11) is 0. The van der Waals surface area contributed by atoms with E-state index < -0.39 is 5.97 Å². The van der Waals surface area contributed by atoms with Crippen LogP contribution in [0.3, 0.4) is 0 Å². The minimum atomic E-state index is -1.02. The number of thiazole rings is 1. The van der Waals surface area contributed by atoms with Gasteiger partial charge in [-0.3, -0.25) is 0 Å². The van der Waals surface area contributed by atoms with E-state index in [4.69, 9.17) is 5.11 Å². The van der Waals surface area contributed by atoms with Gasteiger partial charge in [0.2, 0.25) is 0 Å². The zero-order valence-electron chi connectivity index (χ0n) is 9.83. The number of hydrogen-bond acceptors (Lipinski definition) is 5. The van der Waals surface area contributed by atoms with E-state index in [0.717, 1.165) is 5.01 Å². The Kier molecular flexibility index (Phi) is 3.88. The van der Waals surface area contributed by atoms with Crippen molar-refractivity contribution in [3.63, 3.8) is 0 Å². The summed E-state index contributed by atoms with van der Waals surface area (Å²) >= 11 is 1.61. The van der Waals surface area contributed by atoms with Crippen LogP contribution in [0.4, 0.5) is 5.82 Å².